The van der Waals surface area contributed by atoms with Crippen LogP contribution >= 0.6 is 0 Å². The molecule has 0 saturated carbocycles. The van der Waals surface area contributed by atoms with Gasteiger partial charge in [-0.05, 0) is 58.3 Å². The van der Waals surface area contributed by atoms with Gasteiger partial charge in [-0.1, -0.05) is 25.5 Å². The van der Waals surface area contributed by atoms with Crippen LogP contribution in [0.2, 0.25) is 0 Å². The average molecular weight is 252 g/mol. The summed E-state index contributed by atoms with van der Waals surface area (Å²) in [5.74, 6) is 1.48. The predicted molar refractivity (Wildman–Crippen MR) is 75.3 cm³/mol. The van der Waals surface area contributed by atoms with Gasteiger partial charge in [-0.2, -0.15) is 0 Å². The van der Waals surface area contributed by atoms with E-state index in [9.17, 15) is 4.79 Å². The zero-order chi connectivity index (χ0) is 13.8. The number of allylic oxidation sites excluding steroid dienone is 1. The van der Waals surface area contributed by atoms with E-state index in [2.05, 4.69) is 19.9 Å². The Morgan fingerprint density at radius 3 is 2.61 bits per heavy atom. The normalized spacial score (nSPS) is 20.8. The molecule has 0 saturated heterocycles. The first-order valence-electron chi connectivity index (χ1n) is 7.24. The Morgan fingerprint density at radius 1 is 1.50 bits per heavy atom. The summed E-state index contributed by atoms with van der Waals surface area (Å²) in [5, 5.41) is 0. The van der Waals surface area contributed by atoms with Crippen LogP contribution in [0.1, 0.15) is 60.3 Å². The fourth-order valence-electron chi connectivity index (χ4n) is 2.78. The van der Waals surface area contributed by atoms with Gasteiger partial charge in [0.1, 0.15) is 0 Å². The first-order valence-corrected chi connectivity index (χ1v) is 7.24. The van der Waals surface area contributed by atoms with Gasteiger partial charge in [0.25, 0.3) is 0 Å². The van der Waals surface area contributed by atoms with Crippen molar-refractivity contribution in [3.8, 4) is 0 Å². The van der Waals surface area contributed by atoms with E-state index < -0.39 is 5.41 Å². The van der Waals surface area contributed by atoms with E-state index in [0.717, 1.165) is 24.7 Å². The molecule has 0 fully saturated rings. The Hall–Kier alpha value is -0.790. The highest BCUT2D eigenvalue weighted by molar-refractivity contribution is 5.79. The largest absolute Gasteiger partial charge is 0.465 e. The van der Waals surface area contributed by atoms with Crippen LogP contribution in [0.25, 0.3) is 0 Å². The lowest BCUT2D eigenvalue weighted by Crippen LogP contribution is -2.30. The first-order chi connectivity index (χ1) is 8.37. The number of carbonyl (C=O) groups is 1. The Kier molecular flexibility index (Phi) is 5.43. The Labute approximate surface area is 112 Å². The lowest BCUT2D eigenvalue weighted by Gasteiger charge is -2.31. The van der Waals surface area contributed by atoms with Crippen molar-refractivity contribution >= 4 is 5.97 Å². The molecule has 0 heterocycles. The van der Waals surface area contributed by atoms with Crippen LogP contribution in [0.3, 0.4) is 0 Å². The highest BCUT2D eigenvalue weighted by Gasteiger charge is 2.34. The molecule has 0 aliphatic heterocycles. The third-order valence-electron chi connectivity index (χ3n) is 3.91. The van der Waals surface area contributed by atoms with Crippen molar-refractivity contribution in [2.45, 2.75) is 60.3 Å². The van der Waals surface area contributed by atoms with E-state index >= 15 is 0 Å². The smallest absolute Gasteiger partial charge is 0.315 e. The zero-order valence-electron chi connectivity index (χ0n) is 12.6. The summed E-state index contributed by atoms with van der Waals surface area (Å²) in [4.78, 5) is 12.0. The SMILES string of the molecule is CCOC(=O)C(C)(C)C1=CC[C@H](CC(C)C)CC1. The number of hydrogen-bond donors (Lipinski definition) is 0. The van der Waals surface area contributed by atoms with Gasteiger partial charge in [-0.3, -0.25) is 4.79 Å². The minimum atomic E-state index is -0.446. The Bertz CT molecular complexity index is 313. The maximum absolute atomic E-state index is 12.0. The van der Waals surface area contributed by atoms with E-state index in [1.807, 2.05) is 20.8 Å². The highest BCUT2D eigenvalue weighted by atomic mass is 16.5. The summed E-state index contributed by atoms with van der Waals surface area (Å²) >= 11 is 0. The summed E-state index contributed by atoms with van der Waals surface area (Å²) in [6.45, 7) is 10.9. The minimum Gasteiger partial charge on any atom is -0.465 e. The van der Waals surface area contributed by atoms with E-state index in [-0.39, 0.29) is 5.97 Å². The van der Waals surface area contributed by atoms with Crippen molar-refractivity contribution in [3.63, 3.8) is 0 Å². The predicted octanol–water partition coefficient (Wildman–Crippen LogP) is 4.35. The van der Waals surface area contributed by atoms with E-state index in [0.29, 0.717) is 6.61 Å². The molecule has 0 amide bonds. The molecule has 1 atom stereocenters. The number of carbonyl (C=O) groups excluding carboxylic acids is 1. The van der Waals surface area contributed by atoms with Crippen LogP contribution in [-0.2, 0) is 9.53 Å². The third kappa shape index (κ3) is 3.86. The van der Waals surface area contributed by atoms with Crippen LogP contribution in [0.5, 0.6) is 0 Å². The minimum absolute atomic E-state index is 0.0847. The molecule has 0 aromatic heterocycles. The standard InChI is InChI=1S/C16H28O2/c1-6-18-15(17)16(4,5)14-9-7-13(8-10-14)11-12(2)3/h9,12-13H,6-8,10-11H2,1-5H3/t13-/m0/s1. The third-order valence-corrected chi connectivity index (χ3v) is 3.91. The Morgan fingerprint density at radius 2 is 2.17 bits per heavy atom. The summed E-state index contributed by atoms with van der Waals surface area (Å²) in [6, 6.07) is 0. The maximum Gasteiger partial charge on any atom is 0.315 e. The van der Waals surface area contributed by atoms with Crippen LogP contribution in [0, 0.1) is 17.3 Å². The van der Waals surface area contributed by atoms with Crippen LogP contribution in [-0.4, -0.2) is 12.6 Å². The van der Waals surface area contributed by atoms with Crippen molar-refractivity contribution in [1.82, 2.24) is 0 Å². The van der Waals surface area contributed by atoms with Gasteiger partial charge in [0.2, 0.25) is 0 Å². The summed E-state index contributed by atoms with van der Waals surface area (Å²) < 4.78 is 5.17. The molecule has 2 nitrogen and oxygen atoms in total. The molecule has 18 heavy (non-hydrogen) atoms. The molecule has 1 rings (SSSR count). The summed E-state index contributed by atoms with van der Waals surface area (Å²) in [6.07, 6.45) is 6.96. The molecule has 0 N–H and O–H groups in total. The van der Waals surface area contributed by atoms with Gasteiger partial charge in [0.05, 0.1) is 12.0 Å². The molecule has 0 unspecified atom stereocenters. The molecule has 0 spiro atoms. The van der Waals surface area contributed by atoms with Gasteiger partial charge >= 0.3 is 5.97 Å². The molecule has 1 aliphatic carbocycles. The van der Waals surface area contributed by atoms with Gasteiger partial charge in [0, 0.05) is 0 Å². The summed E-state index contributed by atoms with van der Waals surface area (Å²) in [7, 11) is 0. The lowest BCUT2D eigenvalue weighted by molar-refractivity contribution is -0.151. The molecule has 104 valence electrons. The molecule has 0 aromatic carbocycles. The van der Waals surface area contributed by atoms with Gasteiger partial charge in [0.15, 0.2) is 0 Å². The second kappa shape index (κ2) is 6.40. The van der Waals surface area contributed by atoms with Gasteiger partial charge in [-0.15, -0.1) is 0 Å². The van der Waals surface area contributed by atoms with Crippen molar-refractivity contribution in [2.75, 3.05) is 6.61 Å². The van der Waals surface area contributed by atoms with Crippen molar-refractivity contribution in [3.05, 3.63) is 11.6 Å². The van der Waals surface area contributed by atoms with E-state index in [1.165, 1.54) is 18.4 Å². The molecular weight excluding hydrogens is 224 g/mol. The fraction of sp³-hybridized carbons (Fsp3) is 0.812. The number of esters is 1. The van der Waals surface area contributed by atoms with Crippen molar-refractivity contribution in [1.29, 1.82) is 0 Å². The van der Waals surface area contributed by atoms with Gasteiger partial charge < -0.3 is 4.74 Å². The van der Waals surface area contributed by atoms with E-state index in [4.69, 9.17) is 4.74 Å². The number of rotatable bonds is 5. The average Bonchev–Trinajstić information content (AvgIpc) is 2.29. The molecular formula is C16H28O2. The van der Waals surface area contributed by atoms with Crippen molar-refractivity contribution in [2.24, 2.45) is 17.3 Å². The molecule has 2 heteroatoms. The van der Waals surface area contributed by atoms with Crippen LogP contribution in [0.15, 0.2) is 11.6 Å². The topological polar surface area (TPSA) is 26.3 Å². The zero-order valence-corrected chi connectivity index (χ0v) is 12.6. The lowest BCUT2D eigenvalue weighted by atomic mass is 9.74. The van der Waals surface area contributed by atoms with Crippen LogP contribution < -0.4 is 0 Å². The number of hydrogen-bond acceptors (Lipinski definition) is 2. The molecule has 0 bridgehead atoms. The second-order valence-corrected chi connectivity index (χ2v) is 6.34. The van der Waals surface area contributed by atoms with Crippen LogP contribution in [0.4, 0.5) is 0 Å². The highest BCUT2D eigenvalue weighted by Crippen LogP contribution is 2.38. The van der Waals surface area contributed by atoms with Crippen molar-refractivity contribution < 1.29 is 9.53 Å². The van der Waals surface area contributed by atoms with Gasteiger partial charge in [-0.25, -0.2) is 0 Å². The van der Waals surface area contributed by atoms with E-state index in [1.54, 1.807) is 0 Å². The monoisotopic (exact) mass is 252 g/mol. The fourth-order valence-corrected chi connectivity index (χ4v) is 2.78. The number of ether oxygens (including phenoxy) is 1. The maximum atomic E-state index is 12.0. The second-order valence-electron chi connectivity index (χ2n) is 6.34. The molecule has 1 aliphatic rings. The Balaban J connectivity index is 2.63. The summed E-state index contributed by atoms with van der Waals surface area (Å²) in [5.41, 5.74) is 0.819. The molecule has 0 radical (unpaired) electrons. The quantitative estimate of drug-likeness (QED) is 0.537. The first kappa shape index (κ1) is 15.3. The molecule has 0 aromatic rings.